The molecular weight excluding hydrogens is 410 g/mol. The number of carbonyl (C=O) groups is 1. The van der Waals surface area contributed by atoms with Crippen molar-refractivity contribution in [2.24, 2.45) is 5.10 Å². The van der Waals surface area contributed by atoms with E-state index in [4.69, 9.17) is 0 Å². The number of amides is 1. The maximum Gasteiger partial charge on any atom is 0.280 e. The Morgan fingerprint density at radius 1 is 1.16 bits per heavy atom. The first-order valence-electron chi connectivity index (χ1n) is 10.0. The molecule has 3 aromatic rings. The fourth-order valence-electron chi connectivity index (χ4n) is 3.28. The van der Waals surface area contributed by atoms with E-state index in [1.165, 1.54) is 22.9 Å². The Labute approximate surface area is 184 Å². The summed E-state index contributed by atoms with van der Waals surface area (Å²) in [6, 6.07) is 13.0. The summed E-state index contributed by atoms with van der Waals surface area (Å²) in [7, 11) is 0. The third-order valence-electron chi connectivity index (χ3n) is 5.07. The van der Waals surface area contributed by atoms with Gasteiger partial charge in [-0.1, -0.05) is 39.0 Å². The maximum absolute atomic E-state index is 12.9. The number of aryl methyl sites for hydroxylation is 1. The summed E-state index contributed by atoms with van der Waals surface area (Å²) >= 11 is 0. The average molecular weight is 435 g/mol. The second-order valence-corrected chi connectivity index (χ2v) is 8.49. The molecule has 0 unspecified atom stereocenters. The highest BCUT2D eigenvalue weighted by Crippen LogP contribution is 2.22. The third-order valence-corrected chi connectivity index (χ3v) is 5.07. The molecule has 0 saturated heterocycles. The zero-order valence-electron chi connectivity index (χ0n) is 18.6. The lowest BCUT2D eigenvalue weighted by atomic mass is 9.87. The summed E-state index contributed by atoms with van der Waals surface area (Å²) in [5, 5.41) is 18.0. The van der Waals surface area contributed by atoms with E-state index in [9.17, 15) is 19.7 Å². The van der Waals surface area contributed by atoms with Crippen LogP contribution in [0.3, 0.4) is 0 Å². The van der Waals surface area contributed by atoms with E-state index >= 15 is 0 Å². The van der Waals surface area contributed by atoms with E-state index in [0.29, 0.717) is 22.7 Å². The van der Waals surface area contributed by atoms with Gasteiger partial charge in [0.25, 0.3) is 17.2 Å². The lowest BCUT2D eigenvalue weighted by molar-refractivity contribution is -0.384. The molecule has 1 heterocycles. The molecule has 32 heavy (non-hydrogen) atoms. The van der Waals surface area contributed by atoms with Gasteiger partial charge in [-0.25, -0.2) is 10.1 Å². The second-order valence-electron chi connectivity index (χ2n) is 8.49. The van der Waals surface area contributed by atoms with Crippen molar-refractivity contribution in [3.05, 3.63) is 91.4 Å². The molecule has 0 aliphatic rings. The molecule has 166 valence electrons. The number of nitrogens with zero attached hydrogens (tertiary/aromatic N) is 3. The molecule has 2 aromatic carbocycles. The van der Waals surface area contributed by atoms with Gasteiger partial charge in [0, 0.05) is 23.4 Å². The minimum atomic E-state index is -0.526. The first-order valence-corrected chi connectivity index (χ1v) is 10.0. The fraction of sp³-hybridized carbons (Fsp3) is 0.261. The maximum atomic E-state index is 12.9. The highest BCUT2D eigenvalue weighted by Gasteiger charge is 2.18. The first kappa shape index (κ1) is 22.7. The fourth-order valence-corrected chi connectivity index (χ4v) is 3.28. The second kappa shape index (κ2) is 8.62. The largest absolute Gasteiger partial charge is 0.295 e. The van der Waals surface area contributed by atoms with Crippen molar-refractivity contribution in [2.45, 2.75) is 40.0 Å². The number of nitrogens with one attached hydrogen (secondary N) is 2. The Bertz CT molecular complexity index is 1260. The molecule has 0 atom stereocenters. The first-order chi connectivity index (χ1) is 15.0. The summed E-state index contributed by atoms with van der Waals surface area (Å²) in [5.41, 5.74) is 4.91. The third kappa shape index (κ3) is 4.66. The van der Waals surface area contributed by atoms with E-state index in [2.05, 4.69) is 36.4 Å². The zero-order chi connectivity index (χ0) is 23.6. The summed E-state index contributed by atoms with van der Waals surface area (Å²) < 4.78 is 1.21. The number of rotatable bonds is 5. The van der Waals surface area contributed by atoms with Crippen LogP contribution in [0.5, 0.6) is 0 Å². The number of nitro benzene ring substituents is 1. The van der Waals surface area contributed by atoms with Gasteiger partial charge in [-0.2, -0.15) is 5.10 Å². The van der Waals surface area contributed by atoms with Gasteiger partial charge in [0.1, 0.15) is 0 Å². The van der Waals surface area contributed by atoms with Crippen molar-refractivity contribution in [2.75, 3.05) is 0 Å². The van der Waals surface area contributed by atoms with Gasteiger partial charge in [-0.15, -0.1) is 0 Å². The van der Waals surface area contributed by atoms with Crippen LogP contribution < -0.4 is 11.0 Å². The van der Waals surface area contributed by atoms with Gasteiger partial charge in [0.15, 0.2) is 0 Å². The number of aromatic amines is 1. The quantitative estimate of drug-likeness (QED) is 0.359. The van der Waals surface area contributed by atoms with E-state index in [-0.39, 0.29) is 16.7 Å². The highest BCUT2D eigenvalue weighted by atomic mass is 16.6. The Morgan fingerprint density at radius 2 is 1.81 bits per heavy atom. The molecule has 1 aromatic heterocycles. The minimum Gasteiger partial charge on any atom is -0.295 e. The number of hydrogen-bond donors (Lipinski definition) is 2. The standard InChI is InChI=1S/C23H25N5O4/c1-14(24-25-21(29)16-9-11-17(12-10-16)23(3,4)5)20-15(2)26-27(22(20)30)18-7-6-8-19(13-18)28(31)32/h6-13,26H,1-5H3,(H,25,29)/b24-14-. The van der Waals surface area contributed by atoms with Crippen molar-refractivity contribution < 1.29 is 9.72 Å². The van der Waals surface area contributed by atoms with Crippen LogP contribution in [0.25, 0.3) is 5.69 Å². The van der Waals surface area contributed by atoms with Crippen LogP contribution in [0.1, 0.15) is 54.9 Å². The lowest BCUT2D eigenvalue weighted by Gasteiger charge is -2.18. The van der Waals surface area contributed by atoms with Crippen molar-refractivity contribution in [3.8, 4) is 5.69 Å². The van der Waals surface area contributed by atoms with Crippen LogP contribution in [-0.2, 0) is 5.41 Å². The topological polar surface area (TPSA) is 122 Å². The number of aromatic nitrogens is 2. The van der Waals surface area contributed by atoms with Gasteiger partial charge in [0.2, 0.25) is 0 Å². The van der Waals surface area contributed by atoms with Crippen LogP contribution in [0, 0.1) is 17.0 Å². The number of carbonyl (C=O) groups excluding carboxylic acids is 1. The number of H-pyrrole nitrogens is 1. The number of benzene rings is 2. The predicted molar refractivity (Wildman–Crippen MR) is 123 cm³/mol. The number of nitro groups is 1. The summed E-state index contributed by atoms with van der Waals surface area (Å²) in [6.45, 7) is 9.58. The van der Waals surface area contributed by atoms with Gasteiger partial charge in [0.05, 0.1) is 21.9 Å². The van der Waals surface area contributed by atoms with Crippen LogP contribution in [-0.4, -0.2) is 26.3 Å². The van der Waals surface area contributed by atoms with Crippen molar-refractivity contribution in [3.63, 3.8) is 0 Å². The summed E-state index contributed by atoms with van der Waals surface area (Å²) in [6.07, 6.45) is 0. The Kier molecular flexibility index (Phi) is 6.11. The average Bonchev–Trinajstić information content (AvgIpc) is 3.05. The van der Waals surface area contributed by atoms with Crippen LogP contribution in [0.15, 0.2) is 58.4 Å². The molecule has 3 rings (SSSR count). The molecule has 9 heteroatoms. The summed E-state index contributed by atoms with van der Waals surface area (Å²) in [5.74, 6) is -0.392. The zero-order valence-corrected chi connectivity index (χ0v) is 18.6. The van der Waals surface area contributed by atoms with E-state index in [0.717, 1.165) is 5.56 Å². The molecule has 0 spiro atoms. The number of hydrogen-bond acceptors (Lipinski definition) is 5. The van der Waals surface area contributed by atoms with E-state index in [1.807, 2.05) is 12.1 Å². The molecule has 2 N–H and O–H groups in total. The highest BCUT2D eigenvalue weighted by molar-refractivity contribution is 6.01. The molecule has 0 aliphatic heterocycles. The molecule has 0 radical (unpaired) electrons. The molecular formula is C23H25N5O4. The van der Waals surface area contributed by atoms with Gasteiger partial charge < -0.3 is 0 Å². The smallest absolute Gasteiger partial charge is 0.280 e. The molecule has 0 aliphatic carbocycles. The molecule has 1 amide bonds. The predicted octanol–water partition coefficient (Wildman–Crippen LogP) is 3.83. The minimum absolute atomic E-state index is 0.0192. The van der Waals surface area contributed by atoms with Crippen LogP contribution in [0.4, 0.5) is 5.69 Å². The number of hydrazone groups is 1. The Hall–Kier alpha value is -4.01. The van der Waals surface area contributed by atoms with Crippen LogP contribution >= 0.6 is 0 Å². The molecule has 9 nitrogen and oxygen atoms in total. The summed E-state index contributed by atoms with van der Waals surface area (Å²) in [4.78, 5) is 35.9. The normalized spacial score (nSPS) is 12.0. The Balaban J connectivity index is 1.84. The SMILES string of the molecule is C/C(=N/NC(=O)c1ccc(C(C)(C)C)cc1)c1c(C)[nH]n(-c2cccc([N+](=O)[O-])c2)c1=O. The monoisotopic (exact) mass is 435 g/mol. The molecule has 0 bridgehead atoms. The van der Waals surface area contributed by atoms with Crippen molar-refractivity contribution >= 4 is 17.3 Å². The lowest BCUT2D eigenvalue weighted by Crippen LogP contribution is -2.23. The Morgan fingerprint density at radius 3 is 2.41 bits per heavy atom. The van der Waals surface area contributed by atoms with Crippen molar-refractivity contribution in [1.29, 1.82) is 0 Å². The van der Waals surface area contributed by atoms with E-state index in [1.54, 1.807) is 32.0 Å². The number of non-ortho nitro benzene ring substituents is 1. The molecule has 0 saturated carbocycles. The van der Waals surface area contributed by atoms with Crippen molar-refractivity contribution in [1.82, 2.24) is 15.2 Å². The van der Waals surface area contributed by atoms with Gasteiger partial charge >= 0.3 is 0 Å². The van der Waals surface area contributed by atoms with Crippen LogP contribution in [0.2, 0.25) is 0 Å². The van der Waals surface area contributed by atoms with Gasteiger partial charge in [-0.3, -0.25) is 24.8 Å². The van der Waals surface area contributed by atoms with E-state index < -0.39 is 16.4 Å². The molecule has 0 fully saturated rings. The van der Waals surface area contributed by atoms with Gasteiger partial charge in [-0.05, 0) is 43.0 Å².